The number of fused-ring (bicyclic) bond motifs is 1. The van der Waals surface area contributed by atoms with E-state index in [4.69, 9.17) is 11.6 Å². The molecule has 1 saturated carbocycles. The highest BCUT2D eigenvalue weighted by Gasteiger charge is 2.37. The van der Waals surface area contributed by atoms with Crippen LogP contribution in [0.1, 0.15) is 39.0 Å². The molecule has 1 atom stereocenters. The minimum Gasteiger partial charge on any atom is -0.355 e. The van der Waals surface area contributed by atoms with Crippen LogP contribution in [0.4, 0.5) is 11.4 Å². The summed E-state index contributed by atoms with van der Waals surface area (Å²) in [6, 6.07) is 2.24. The predicted octanol–water partition coefficient (Wildman–Crippen LogP) is 3.21. The molecule has 1 N–H and O–H groups in total. The molecule has 1 amide bonds. The lowest BCUT2D eigenvalue weighted by molar-refractivity contribution is -0.117. The van der Waals surface area contributed by atoms with E-state index in [1.54, 1.807) is 6.20 Å². The number of anilines is 2. The maximum absolute atomic E-state index is 12.2. The first-order chi connectivity index (χ1) is 9.20. The van der Waals surface area contributed by atoms with Crippen molar-refractivity contribution in [2.24, 2.45) is 0 Å². The molecule has 3 rings (SSSR count). The number of nitrogens with one attached hydrogen (secondary N) is 1. The molecule has 1 aromatic rings. The Labute approximate surface area is 118 Å². The van der Waals surface area contributed by atoms with Crippen LogP contribution < -0.4 is 10.2 Å². The number of nitrogens with zero attached hydrogens (tertiary/aromatic N) is 2. The van der Waals surface area contributed by atoms with E-state index in [1.165, 1.54) is 12.8 Å². The zero-order chi connectivity index (χ0) is 13.4. The number of amides is 1. The lowest BCUT2D eigenvalue weighted by Crippen LogP contribution is -2.51. The Morgan fingerprint density at radius 1 is 1.47 bits per heavy atom. The Bertz CT molecular complexity index is 499. The van der Waals surface area contributed by atoms with Gasteiger partial charge in [-0.2, -0.15) is 0 Å². The molecule has 0 bridgehead atoms. The summed E-state index contributed by atoms with van der Waals surface area (Å²) < 4.78 is 0. The molecule has 1 aliphatic heterocycles. The van der Waals surface area contributed by atoms with Gasteiger partial charge in [0.1, 0.15) is 11.2 Å². The van der Waals surface area contributed by atoms with Crippen molar-refractivity contribution in [1.29, 1.82) is 0 Å². The van der Waals surface area contributed by atoms with Crippen LogP contribution in [0.5, 0.6) is 0 Å². The van der Waals surface area contributed by atoms with E-state index in [-0.39, 0.29) is 11.9 Å². The summed E-state index contributed by atoms with van der Waals surface area (Å²) in [6.45, 7) is 2.06. The van der Waals surface area contributed by atoms with Gasteiger partial charge in [0.15, 0.2) is 0 Å². The van der Waals surface area contributed by atoms with Gasteiger partial charge in [-0.1, -0.05) is 31.4 Å². The predicted molar refractivity (Wildman–Crippen MR) is 76.7 cm³/mol. The van der Waals surface area contributed by atoms with Crippen molar-refractivity contribution >= 4 is 28.9 Å². The molecule has 0 unspecified atom stereocenters. The van der Waals surface area contributed by atoms with Crippen LogP contribution in [0.15, 0.2) is 12.3 Å². The van der Waals surface area contributed by atoms with Crippen molar-refractivity contribution in [3.05, 3.63) is 17.4 Å². The third-order valence-corrected chi connectivity index (χ3v) is 4.33. The van der Waals surface area contributed by atoms with E-state index in [0.29, 0.717) is 11.2 Å². The minimum absolute atomic E-state index is 0.0750. The van der Waals surface area contributed by atoms with E-state index in [1.807, 2.05) is 6.07 Å². The monoisotopic (exact) mass is 279 g/mol. The quantitative estimate of drug-likeness (QED) is 0.846. The summed E-state index contributed by atoms with van der Waals surface area (Å²) >= 11 is 6.03. The van der Waals surface area contributed by atoms with Crippen LogP contribution >= 0.6 is 11.6 Å². The molecule has 0 aromatic carbocycles. The molecule has 1 aliphatic carbocycles. The lowest BCUT2D eigenvalue weighted by atomic mass is 10.0. The molecule has 2 heterocycles. The van der Waals surface area contributed by atoms with Gasteiger partial charge in [-0.05, 0) is 19.3 Å². The van der Waals surface area contributed by atoms with Crippen molar-refractivity contribution in [3.8, 4) is 0 Å². The zero-order valence-electron chi connectivity index (χ0n) is 11.0. The van der Waals surface area contributed by atoms with Crippen molar-refractivity contribution in [2.75, 3.05) is 10.2 Å². The standard InChI is InChI=1S/C14H18ClN3O/c1-2-11-14(19)17-10-8-16-13(15)7-12(10)18(11)9-5-3-4-6-9/h7-9,11H,2-6H2,1H3,(H,17,19)/t11-/m1/s1. The minimum atomic E-state index is -0.0888. The summed E-state index contributed by atoms with van der Waals surface area (Å²) in [5.41, 5.74) is 1.81. The Hall–Kier alpha value is -1.29. The fourth-order valence-corrected chi connectivity index (χ4v) is 3.41. The maximum Gasteiger partial charge on any atom is 0.247 e. The maximum atomic E-state index is 12.2. The number of carbonyl (C=O) groups excluding carboxylic acids is 1. The SMILES string of the molecule is CC[C@@H]1C(=O)Nc2cnc(Cl)cc2N1C1CCCC1. The van der Waals surface area contributed by atoms with E-state index in [9.17, 15) is 4.79 Å². The van der Waals surface area contributed by atoms with Crippen LogP contribution in [0, 0.1) is 0 Å². The highest BCUT2D eigenvalue weighted by molar-refractivity contribution is 6.29. The molecule has 4 nitrogen and oxygen atoms in total. The van der Waals surface area contributed by atoms with Gasteiger partial charge < -0.3 is 10.2 Å². The second-order valence-corrected chi connectivity index (χ2v) is 5.67. The molecule has 1 fully saturated rings. The van der Waals surface area contributed by atoms with Gasteiger partial charge in [0.05, 0.1) is 17.6 Å². The van der Waals surface area contributed by atoms with Gasteiger partial charge in [0, 0.05) is 12.1 Å². The molecule has 1 aromatic heterocycles. The van der Waals surface area contributed by atoms with Gasteiger partial charge in [0.2, 0.25) is 5.91 Å². The van der Waals surface area contributed by atoms with E-state index >= 15 is 0 Å². The Morgan fingerprint density at radius 2 is 2.21 bits per heavy atom. The number of rotatable bonds is 2. The fourth-order valence-electron chi connectivity index (χ4n) is 3.26. The van der Waals surface area contributed by atoms with E-state index in [2.05, 4.69) is 22.1 Å². The highest BCUT2D eigenvalue weighted by atomic mass is 35.5. The molecule has 0 spiro atoms. The Balaban J connectivity index is 2.05. The summed E-state index contributed by atoms with van der Waals surface area (Å²) in [5, 5.41) is 3.42. The lowest BCUT2D eigenvalue weighted by Gasteiger charge is -2.41. The first-order valence-electron chi connectivity index (χ1n) is 6.95. The van der Waals surface area contributed by atoms with E-state index < -0.39 is 0 Å². The molecule has 2 aliphatic rings. The Kier molecular flexibility index (Phi) is 3.35. The van der Waals surface area contributed by atoms with E-state index in [0.717, 1.165) is 30.6 Å². The largest absolute Gasteiger partial charge is 0.355 e. The molecule has 102 valence electrons. The smallest absolute Gasteiger partial charge is 0.247 e. The summed E-state index contributed by atoms with van der Waals surface area (Å²) in [6.07, 6.45) is 7.26. The van der Waals surface area contributed by atoms with Crippen LogP contribution in [0.2, 0.25) is 5.15 Å². The highest BCUT2D eigenvalue weighted by Crippen LogP contribution is 2.39. The van der Waals surface area contributed by atoms with Gasteiger partial charge in [0.25, 0.3) is 0 Å². The summed E-state index contributed by atoms with van der Waals surface area (Å²) in [7, 11) is 0. The second kappa shape index (κ2) is 5.00. The molecular formula is C14H18ClN3O. The normalized spacial score (nSPS) is 23.4. The molecule has 5 heteroatoms. The van der Waals surface area contributed by atoms with Crippen molar-refractivity contribution < 1.29 is 4.79 Å². The van der Waals surface area contributed by atoms with Gasteiger partial charge in [-0.3, -0.25) is 4.79 Å². The number of carbonyl (C=O) groups is 1. The third-order valence-electron chi connectivity index (χ3n) is 4.13. The summed E-state index contributed by atoms with van der Waals surface area (Å²) in [4.78, 5) is 18.6. The van der Waals surface area contributed by atoms with Crippen LogP contribution in [0.3, 0.4) is 0 Å². The number of aromatic nitrogens is 1. The van der Waals surface area contributed by atoms with Crippen molar-refractivity contribution in [1.82, 2.24) is 4.98 Å². The number of hydrogen-bond donors (Lipinski definition) is 1. The summed E-state index contributed by atoms with van der Waals surface area (Å²) in [5.74, 6) is 0.0750. The van der Waals surface area contributed by atoms with Gasteiger partial charge >= 0.3 is 0 Å². The van der Waals surface area contributed by atoms with Crippen LogP contribution in [-0.2, 0) is 4.79 Å². The third kappa shape index (κ3) is 2.18. The Morgan fingerprint density at radius 3 is 2.89 bits per heavy atom. The number of hydrogen-bond acceptors (Lipinski definition) is 3. The molecule has 0 saturated heterocycles. The topological polar surface area (TPSA) is 45.2 Å². The van der Waals surface area contributed by atoms with Crippen LogP contribution in [-0.4, -0.2) is 23.0 Å². The zero-order valence-corrected chi connectivity index (χ0v) is 11.8. The molecule has 0 radical (unpaired) electrons. The van der Waals surface area contributed by atoms with Gasteiger partial charge in [-0.25, -0.2) is 4.98 Å². The average molecular weight is 280 g/mol. The van der Waals surface area contributed by atoms with Crippen LogP contribution in [0.25, 0.3) is 0 Å². The average Bonchev–Trinajstić information content (AvgIpc) is 2.91. The van der Waals surface area contributed by atoms with Gasteiger partial charge in [-0.15, -0.1) is 0 Å². The van der Waals surface area contributed by atoms with Crippen molar-refractivity contribution in [2.45, 2.75) is 51.1 Å². The number of halogens is 1. The first-order valence-corrected chi connectivity index (χ1v) is 7.33. The van der Waals surface area contributed by atoms with Crippen molar-refractivity contribution in [3.63, 3.8) is 0 Å². The second-order valence-electron chi connectivity index (χ2n) is 5.28. The number of pyridine rings is 1. The molecule has 19 heavy (non-hydrogen) atoms. The molecular weight excluding hydrogens is 262 g/mol. The first kappa shape index (κ1) is 12.7. The fraction of sp³-hybridized carbons (Fsp3) is 0.571.